The molecule has 0 saturated carbocycles. The number of carbonyl (C=O) groups excluding carboxylic acids is 1. The number of amides is 1. The van der Waals surface area contributed by atoms with Crippen molar-refractivity contribution in [1.82, 2.24) is 15.3 Å². The Balaban J connectivity index is 1.25. The second-order valence-corrected chi connectivity index (χ2v) is 6.00. The molecule has 2 heterocycles. The molecule has 128 valence electrons. The Morgan fingerprint density at radius 2 is 1.96 bits per heavy atom. The highest BCUT2D eigenvalue weighted by Gasteiger charge is 2.21. The fraction of sp³-hybridized carbons (Fsp3) is 0.263. The van der Waals surface area contributed by atoms with Gasteiger partial charge in [-0.3, -0.25) is 4.79 Å². The maximum absolute atomic E-state index is 12.1. The largest absolute Gasteiger partial charge is 0.486 e. The fourth-order valence-electron chi connectivity index (χ4n) is 2.84. The number of hydrogen-bond acceptors (Lipinski definition) is 4. The second kappa shape index (κ2) is 6.84. The molecule has 4 rings (SSSR count). The van der Waals surface area contributed by atoms with Gasteiger partial charge in [-0.15, -0.1) is 0 Å². The Morgan fingerprint density at radius 1 is 1.16 bits per heavy atom. The first kappa shape index (κ1) is 15.5. The Kier molecular flexibility index (Phi) is 4.24. The van der Waals surface area contributed by atoms with E-state index in [1.165, 1.54) is 0 Å². The number of carbonyl (C=O) groups is 1. The third-order valence-corrected chi connectivity index (χ3v) is 4.12. The molecule has 0 radical (unpaired) electrons. The van der Waals surface area contributed by atoms with Crippen molar-refractivity contribution in [3.8, 4) is 11.5 Å². The van der Waals surface area contributed by atoms with Crippen LogP contribution in [0.5, 0.6) is 11.5 Å². The van der Waals surface area contributed by atoms with E-state index in [4.69, 9.17) is 9.47 Å². The van der Waals surface area contributed by atoms with E-state index in [9.17, 15) is 4.79 Å². The van der Waals surface area contributed by atoms with Crippen molar-refractivity contribution >= 4 is 16.9 Å². The summed E-state index contributed by atoms with van der Waals surface area (Å²) >= 11 is 0. The van der Waals surface area contributed by atoms with Crippen molar-refractivity contribution < 1.29 is 14.3 Å². The summed E-state index contributed by atoms with van der Waals surface area (Å²) in [6.45, 7) is 0.855. The van der Waals surface area contributed by atoms with E-state index < -0.39 is 0 Å². The maximum atomic E-state index is 12.1. The van der Waals surface area contributed by atoms with Gasteiger partial charge in [0.05, 0.1) is 17.6 Å². The summed E-state index contributed by atoms with van der Waals surface area (Å²) in [5, 5.41) is 2.90. The van der Waals surface area contributed by atoms with E-state index in [2.05, 4.69) is 15.3 Å². The number of imidazole rings is 1. The lowest BCUT2D eigenvalue weighted by atomic mass is 10.2. The highest BCUT2D eigenvalue weighted by atomic mass is 16.6. The Labute approximate surface area is 145 Å². The van der Waals surface area contributed by atoms with Gasteiger partial charge >= 0.3 is 0 Å². The Hall–Kier alpha value is -3.02. The SMILES string of the molecule is O=C(CCc1nc2ccccc2[nH]1)NC[C@H]1COc2ccccc2O1. The van der Waals surface area contributed by atoms with Crippen LogP contribution in [0.15, 0.2) is 48.5 Å². The average Bonchev–Trinajstić information content (AvgIpc) is 3.07. The number of aromatic nitrogens is 2. The molecule has 0 fully saturated rings. The first-order valence-electron chi connectivity index (χ1n) is 8.37. The van der Waals surface area contributed by atoms with E-state index in [1.54, 1.807) is 0 Å². The number of rotatable bonds is 5. The Bertz CT molecular complexity index is 857. The van der Waals surface area contributed by atoms with Gasteiger partial charge in [-0.1, -0.05) is 24.3 Å². The normalized spacial score (nSPS) is 15.9. The van der Waals surface area contributed by atoms with Crippen molar-refractivity contribution in [2.24, 2.45) is 0 Å². The number of H-pyrrole nitrogens is 1. The van der Waals surface area contributed by atoms with Gasteiger partial charge < -0.3 is 19.8 Å². The molecule has 6 nitrogen and oxygen atoms in total. The minimum atomic E-state index is -0.176. The fourth-order valence-corrected chi connectivity index (χ4v) is 2.84. The molecular formula is C19H19N3O3. The van der Waals surface area contributed by atoms with Crippen molar-refractivity contribution in [3.05, 3.63) is 54.4 Å². The lowest BCUT2D eigenvalue weighted by Gasteiger charge is -2.26. The summed E-state index contributed by atoms with van der Waals surface area (Å²) in [6.07, 6.45) is 0.778. The van der Waals surface area contributed by atoms with Crippen molar-refractivity contribution in [2.75, 3.05) is 13.2 Å². The van der Waals surface area contributed by atoms with Crippen LogP contribution < -0.4 is 14.8 Å². The molecule has 6 heteroatoms. The molecule has 2 N–H and O–H groups in total. The smallest absolute Gasteiger partial charge is 0.220 e. The highest BCUT2D eigenvalue weighted by molar-refractivity contribution is 5.77. The summed E-state index contributed by atoms with van der Waals surface area (Å²) in [6, 6.07) is 15.4. The van der Waals surface area contributed by atoms with Gasteiger partial charge in [0.2, 0.25) is 5.91 Å². The van der Waals surface area contributed by atoms with Gasteiger partial charge in [-0.2, -0.15) is 0 Å². The van der Waals surface area contributed by atoms with Gasteiger partial charge in [0.15, 0.2) is 11.5 Å². The summed E-state index contributed by atoms with van der Waals surface area (Å²) in [5.41, 5.74) is 1.91. The number of fused-ring (bicyclic) bond motifs is 2. The highest BCUT2D eigenvalue weighted by Crippen LogP contribution is 2.30. The number of nitrogens with zero attached hydrogens (tertiary/aromatic N) is 1. The molecule has 1 aliphatic rings. The van der Waals surface area contributed by atoms with Crippen LogP contribution in [0.25, 0.3) is 11.0 Å². The molecule has 2 aromatic carbocycles. The van der Waals surface area contributed by atoms with E-state index in [-0.39, 0.29) is 12.0 Å². The molecule has 1 aromatic heterocycles. The molecule has 0 bridgehead atoms. The van der Waals surface area contributed by atoms with Crippen molar-refractivity contribution in [2.45, 2.75) is 18.9 Å². The zero-order valence-corrected chi connectivity index (χ0v) is 13.7. The van der Waals surface area contributed by atoms with Crippen LogP contribution in [0.2, 0.25) is 0 Å². The van der Waals surface area contributed by atoms with Crippen LogP contribution in [0.4, 0.5) is 0 Å². The van der Waals surface area contributed by atoms with Crippen LogP contribution in [-0.2, 0) is 11.2 Å². The minimum absolute atomic E-state index is 0.0251. The summed E-state index contributed by atoms with van der Waals surface area (Å²) in [4.78, 5) is 19.8. The molecule has 1 aliphatic heterocycles. The van der Waals surface area contributed by atoms with Crippen LogP contribution in [0.1, 0.15) is 12.2 Å². The molecule has 25 heavy (non-hydrogen) atoms. The molecule has 0 aliphatic carbocycles. The number of aryl methyl sites for hydroxylation is 1. The topological polar surface area (TPSA) is 76.2 Å². The summed E-state index contributed by atoms with van der Waals surface area (Å²) in [5.74, 6) is 2.26. The van der Waals surface area contributed by atoms with Crippen molar-refractivity contribution in [3.63, 3.8) is 0 Å². The van der Waals surface area contributed by atoms with Gasteiger partial charge in [-0.05, 0) is 24.3 Å². The molecule has 0 spiro atoms. The molecular weight excluding hydrogens is 318 g/mol. The number of para-hydroxylation sites is 4. The zero-order chi connectivity index (χ0) is 17.1. The predicted molar refractivity (Wildman–Crippen MR) is 93.8 cm³/mol. The van der Waals surface area contributed by atoms with E-state index in [0.29, 0.717) is 26.0 Å². The average molecular weight is 337 g/mol. The molecule has 1 amide bonds. The standard InChI is InChI=1S/C19H19N3O3/c23-19(10-9-18-21-14-5-1-2-6-15(14)22-18)20-11-13-12-24-16-7-3-4-8-17(16)25-13/h1-8,13H,9-12H2,(H,20,23)(H,21,22)/t13-/m0/s1. The monoisotopic (exact) mass is 337 g/mol. The number of nitrogens with one attached hydrogen (secondary N) is 2. The second-order valence-electron chi connectivity index (χ2n) is 6.00. The predicted octanol–water partition coefficient (Wildman–Crippen LogP) is 2.45. The van der Waals surface area contributed by atoms with E-state index in [0.717, 1.165) is 28.4 Å². The molecule has 1 atom stereocenters. The Morgan fingerprint density at radius 3 is 2.84 bits per heavy atom. The molecule has 0 unspecified atom stereocenters. The summed E-state index contributed by atoms with van der Waals surface area (Å²) in [7, 11) is 0. The third kappa shape index (κ3) is 3.57. The lowest BCUT2D eigenvalue weighted by Crippen LogP contribution is -2.40. The van der Waals surface area contributed by atoms with Gasteiger partial charge in [-0.25, -0.2) is 4.98 Å². The lowest BCUT2D eigenvalue weighted by molar-refractivity contribution is -0.121. The number of hydrogen-bond donors (Lipinski definition) is 2. The maximum Gasteiger partial charge on any atom is 0.220 e. The number of ether oxygens (including phenoxy) is 2. The number of benzene rings is 2. The first-order chi connectivity index (χ1) is 12.3. The summed E-state index contributed by atoms with van der Waals surface area (Å²) < 4.78 is 11.5. The van der Waals surface area contributed by atoms with Crippen LogP contribution in [0, 0.1) is 0 Å². The minimum Gasteiger partial charge on any atom is -0.486 e. The van der Waals surface area contributed by atoms with E-state index >= 15 is 0 Å². The van der Waals surface area contributed by atoms with Crippen LogP contribution in [0.3, 0.4) is 0 Å². The number of aromatic amines is 1. The van der Waals surface area contributed by atoms with Crippen LogP contribution >= 0.6 is 0 Å². The van der Waals surface area contributed by atoms with Gasteiger partial charge in [0, 0.05) is 12.8 Å². The van der Waals surface area contributed by atoms with Crippen molar-refractivity contribution in [1.29, 1.82) is 0 Å². The van der Waals surface area contributed by atoms with Crippen LogP contribution in [-0.4, -0.2) is 35.1 Å². The van der Waals surface area contributed by atoms with E-state index in [1.807, 2.05) is 48.5 Å². The van der Waals surface area contributed by atoms with Gasteiger partial charge in [0.1, 0.15) is 18.5 Å². The molecule has 3 aromatic rings. The molecule has 0 saturated heterocycles. The first-order valence-corrected chi connectivity index (χ1v) is 8.37. The van der Waals surface area contributed by atoms with Gasteiger partial charge in [0.25, 0.3) is 0 Å². The quantitative estimate of drug-likeness (QED) is 0.750. The zero-order valence-electron chi connectivity index (χ0n) is 13.7. The third-order valence-electron chi connectivity index (χ3n) is 4.12.